The number of rotatable bonds is 6. The van der Waals surface area contributed by atoms with E-state index in [2.05, 4.69) is 18.7 Å². The number of morpholine rings is 1. The van der Waals surface area contributed by atoms with Crippen LogP contribution in [-0.2, 0) is 14.3 Å². The maximum absolute atomic E-state index is 13.0. The molecule has 0 radical (unpaired) electrons. The molecule has 2 heterocycles. The second kappa shape index (κ2) is 7.92. The molecule has 0 saturated carbocycles. The van der Waals surface area contributed by atoms with Crippen LogP contribution < -0.4 is 0 Å². The van der Waals surface area contributed by atoms with Crippen molar-refractivity contribution in [1.82, 2.24) is 9.80 Å². The Labute approximate surface area is 132 Å². The molecule has 6 nitrogen and oxygen atoms in total. The zero-order valence-corrected chi connectivity index (χ0v) is 13.7. The summed E-state index contributed by atoms with van der Waals surface area (Å²) in [7, 11) is 0. The lowest BCUT2D eigenvalue weighted by Crippen LogP contribution is -2.55. The standard InChI is InChI=1S/C16H28N2O4/c1-3-12(4-2)14(17-7-9-22-10-8-17)15(19)18-6-5-13(11-18)16(20)21/h12-14H,3-11H2,1-2H3,(H,20,21)/t13-,14+/m1/s1. The van der Waals surface area contributed by atoms with Crippen LogP contribution >= 0.6 is 0 Å². The summed E-state index contributed by atoms with van der Waals surface area (Å²) in [5.74, 6) is -0.773. The summed E-state index contributed by atoms with van der Waals surface area (Å²) >= 11 is 0. The van der Waals surface area contributed by atoms with Crippen LogP contribution in [0.3, 0.4) is 0 Å². The topological polar surface area (TPSA) is 70.1 Å². The molecule has 2 aliphatic rings. The average molecular weight is 312 g/mol. The van der Waals surface area contributed by atoms with Crippen LogP contribution in [0, 0.1) is 11.8 Å². The Balaban J connectivity index is 2.10. The van der Waals surface area contributed by atoms with Gasteiger partial charge in [-0.25, -0.2) is 0 Å². The van der Waals surface area contributed by atoms with E-state index in [-0.39, 0.29) is 11.9 Å². The first kappa shape index (κ1) is 17.2. The highest BCUT2D eigenvalue weighted by Gasteiger charge is 2.39. The predicted molar refractivity (Wildman–Crippen MR) is 82.6 cm³/mol. The SMILES string of the molecule is CCC(CC)[C@@H](C(=O)N1CC[C@@H](C(=O)O)C1)N1CCOCC1. The molecule has 6 heteroatoms. The zero-order chi connectivity index (χ0) is 16.1. The van der Waals surface area contributed by atoms with Crippen molar-refractivity contribution >= 4 is 11.9 Å². The lowest BCUT2D eigenvalue weighted by molar-refractivity contribution is -0.143. The quantitative estimate of drug-likeness (QED) is 0.794. The van der Waals surface area contributed by atoms with Gasteiger partial charge in [0.05, 0.1) is 25.2 Å². The number of likely N-dealkylation sites (tertiary alicyclic amines) is 1. The normalized spacial score (nSPS) is 24.7. The van der Waals surface area contributed by atoms with Gasteiger partial charge in [0.2, 0.25) is 5.91 Å². The van der Waals surface area contributed by atoms with Gasteiger partial charge in [0.15, 0.2) is 0 Å². The molecule has 1 N–H and O–H groups in total. The Hall–Kier alpha value is -1.14. The van der Waals surface area contributed by atoms with Crippen molar-refractivity contribution in [3.05, 3.63) is 0 Å². The van der Waals surface area contributed by atoms with E-state index in [4.69, 9.17) is 9.84 Å². The van der Waals surface area contributed by atoms with E-state index in [0.717, 1.165) is 25.9 Å². The molecule has 126 valence electrons. The summed E-state index contributed by atoms with van der Waals surface area (Å²) in [5, 5.41) is 9.14. The van der Waals surface area contributed by atoms with E-state index in [1.54, 1.807) is 4.90 Å². The highest BCUT2D eigenvalue weighted by molar-refractivity contribution is 5.83. The van der Waals surface area contributed by atoms with Crippen molar-refractivity contribution in [2.45, 2.75) is 39.2 Å². The van der Waals surface area contributed by atoms with E-state index in [1.165, 1.54) is 0 Å². The molecule has 2 fully saturated rings. The van der Waals surface area contributed by atoms with E-state index >= 15 is 0 Å². The number of carbonyl (C=O) groups is 2. The largest absolute Gasteiger partial charge is 0.481 e. The number of aliphatic carboxylic acids is 1. The van der Waals surface area contributed by atoms with Crippen molar-refractivity contribution in [2.75, 3.05) is 39.4 Å². The minimum absolute atomic E-state index is 0.111. The molecule has 1 amide bonds. The molecule has 0 aromatic rings. The van der Waals surface area contributed by atoms with E-state index in [9.17, 15) is 9.59 Å². The molecule has 0 aromatic heterocycles. The van der Waals surface area contributed by atoms with Crippen LogP contribution in [0.4, 0.5) is 0 Å². The molecule has 0 bridgehead atoms. The van der Waals surface area contributed by atoms with Crippen LogP contribution in [0.5, 0.6) is 0 Å². The molecule has 22 heavy (non-hydrogen) atoms. The minimum Gasteiger partial charge on any atom is -0.481 e. The van der Waals surface area contributed by atoms with E-state index in [0.29, 0.717) is 38.6 Å². The first-order valence-corrected chi connectivity index (χ1v) is 8.41. The third kappa shape index (κ3) is 3.79. The molecule has 0 aromatic carbocycles. The van der Waals surface area contributed by atoms with Gasteiger partial charge < -0.3 is 14.7 Å². The Kier molecular flexibility index (Phi) is 6.20. The van der Waals surface area contributed by atoms with Crippen LogP contribution in [-0.4, -0.2) is 72.2 Å². The summed E-state index contributed by atoms with van der Waals surface area (Å²) in [6.45, 7) is 8.07. The molecule has 0 unspecified atom stereocenters. The maximum atomic E-state index is 13.0. The van der Waals surface area contributed by atoms with Crippen molar-refractivity contribution in [1.29, 1.82) is 0 Å². The first-order valence-electron chi connectivity index (χ1n) is 8.41. The van der Waals surface area contributed by atoms with Gasteiger partial charge >= 0.3 is 5.97 Å². The number of ether oxygens (including phenoxy) is 1. The zero-order valence-electron chi connectivity index (χ0n) is 13.7. The van der Waals surface area contributed by atoms with Crippen molar-refractivity contribution in [2.24, 2.45) is 11.8 Å². The number of carboxylic acids is 1. The monoisotopic (exact) mass is 312 g/mol. The number of hydrogen-bond donors (Lipinski definition) is 1. The lowest BCUT2D eigenvalue weighted by Gasteiger charge is -2.39. The molecule has 2 rings (SSSR count). The third-order valence-corrected chi connectivity index (χ3v) is 5.04. The van der Waals surface area contributed by atoms with Gasteiger partial charge in [-0.05, 0) is 12.3 Å². The lowest BCUT2D eigenvalue weighted by atomic mass is 9.91. The summed E-state index contributed by atoms with van der Waals surface area (Å²) < 4.78 is 5.41. The fourth-order valence-electron chi connectivity index (χ4n) is 3.60. The summed E-state index contributed by atoms with van der Waals surface area (Å²) in [6, 6.07) is -0.133. The van der Waals surface area contributed by atoms with Gasteiger partial charge in [0, 0.05) is 26.2 Å². The fourth-order valence-corrected chi connectivity index (χ4v) is 3.60. The van der Waals surface area contributed by atoms with Crippen LogP contribution in [0.1, 0.15) is 33.1 Å². The molecular formula is C16H28N2O4. The maximum Gasteiger partial charge on any atom is 0.308 e. The summed E-state index contributed by atoms with van der Waals surface area (Å²) in [4.78, 5) is 28.1. The molecule has 0 aliphatic carbocycles. The van der Waals surface area contributed by atoms with E-state index in [1.807, 2.05) is 0 Å². The van der Waals surface area contributed by atoms with Crippen LogP contribution in [0.2, 0.25) is 0 Å². The summed E-state index contributed by atoms with van der Waals surface area (Å²) in [5.41, 5.74) is 0. The Bertz CT molecular complexity index is 392. The average Bonchev–Trinajstić information content (AvgIpc) is 3.03. The van der Waals surface area contributed by atoms with Gasteiger partial charge in [-0.3, -0.25) is 14.5 Å². The molecular weight excluding hydrogens is 284 g/mol. The van der Waals surface area contributed by atoms with Crippen LogP contribution in [0.15, 0.2) is 0 Å². The van der Waals surface area contributed by atoms with E-state index < -0.39 is 11.9 Å². The first-order chi connectivity index (χ1) is 10.6. The van der Waals surface area contributed by atoms with Crippen LogP contribution in [0.25, 0.3) is 0 Å². The van der Waals surface area contributed by atoms with Crippen molar-refractivity contribution < 1.29 is 19.4 Å². The molecule has 2 aliphatic heterocycles. The predicted octanol–water partition coefficient (Wildman–Crippen LogP) is 1.06. The minimum atomic E-state index is -0.791. The van der Waals surface area contributed by atoms with Gasteiger partial charge in [-0.15, -0.1) is 0 Å². The second-order valence-corrected chi connectivity index (χ2v) is 6.28. The van der Waals surface area contributed by atoms with Gasteiger partial charge in [0.25, 0.3) is 0 Å². The van der Waals surface area contributed by atoms with Crippen molar-refractivity contribution in [3.8, 4) is 0 Å². The third-order valence-electron chi connectivity index (χ3n) is 5.04. The highest BCUT2D eigenvalue weighted by Crippen LogP contribution is 2.25. The Morgan fingerprint density at radius 1 is 1.18 bits per heavy atom. The smallest absolute Gasteiger partial charge is 0.308 e. The highest BCUT2D eigenvalue weighted by atomic mass is 16.5. The van der Waals surface area contributed by atoms with Gasteiger partial charge in [-0.2, -0.15) is 0 Å². The molecule has 2 atom stereocenters. The summed E-state index contributed by atoms with van der Waals surface area (Å²) in [6.07, 6.45) is 2.49. The fraction of sp³-hybridized carbons (Fsp3) is 0.875. The van der Waals surface area contributed by atoms with Gasteiger partial charge in [0.1, 0.15) is 0 Å². The number of nitrogens with zero attached hydrogens (tertiary/aromatic N) is 2. The number of carboxylic acid groups (broad SMARTS) is 1. The second-order valence-electron chi connectivity index (χ2n) is 6.28. The Morgan fingerprint density at radius 3 is 2.32 bits per heavy atom. The number of hydrogen-bond acceptors (Lipinski definition) is 4. The van der Waals surface area contributed by atoms with Crippen molar-refractivity contribution in [3.63, 3.8) is 0 Å². The number of amides is 1. The molecule has 2 saturated heterocycles. The molecule has 0 spiro atoms. The number of carbonyl (C=O) groups excluding carboxylic acids is 1. The Morgan fingerprint density at radius 2 is 1.82 bits per heavy atom. The van der Waals surface area contributed by atoms with Gasteiger partial charge in [-0.1, -0.05) is 26.7 Å².